The molecule has 0 aromatic carbocycles. The lowest BCUT2D eigenvalue weighted by atomic mass is 10.2. The summed E-state index contributed by atoms with van der Waals surface area (Å²) in [6.07, 6.45) is 1.25. The number of hydrogen-bond donors (Lipinski definition) is 2. The third-order valence-electron chi connectivity index (χ3n) is 6.47. The highest BCUT2D eigenvalue weighted by Crippen LogP contribution is 2.36. The number of carbonyl (C=O) groups is 2. The van der Waals surface area contributed by atoms with Gasteiger partial charge >= 0.3 is 11.8 Å². The summed E-state index contributed by atoms with van der Waals surface area (Å²) in [6, 6.07) is -0.740. The van der Waals surface area contributed by atoms with E-state index in [0.29, 0.717) is 24.0 Å². The van der Waals surface area contributed by atoms with Crippen molar-refractivity contribution in [1.82, 2.24) is 28.6 Å². The molecule has 2 N–H and O–H groups in total. The minimum absolute atomic E-state index is 0.0413. The Labute approximate surface area is 190 Å². The fraction of sp³-hybridized carbons (Fsp3) is 0.474. The lowest BCUT2D eigenvalue weighted by Crippen LogP contribution is -2.48. The Bertz CT molecular complexity index is 1400. The lowest BCUT2D eigenvalue weighted by Gasteiger charge is -2.32. The van der Waals surface area contributed by atoms with E-state index in [0.717, 1.165) is 11.0 Å². The Morgan fingerprint density at radius 1 is 1.21 bits per heavy atom. The van der Waals surface area contributed by atoms with Crippen LogP contribution in [0.1, 0.15) is 19.4 Å². The Kier molecular flexibility index (Phi) is 4.77. The van der Waals surface area contributed by atoms with Crippen LogP contribution in [0.25, 0.3) is 11.2 Å². The maximum Gasteiger partial charge on any atom is 0.407 e. The molecule has 0 saturated carbocycles. The number of likely N-dealkylation sites (tertiary alicyclic amines) is 1. The van der Waals surface area contributed by atoms with Gasteiger partial charge in [0.1, 0.15) is 11.9 Å². The predicted octanol–water partition coefficient (Wildman–Crippen LogP) is 0.0308. The number of nitrogens with one attached hydrogen (secondary N) is 1. The normalized spacial score (nSPS) is 20.6. The number of nitrogens with zero attached hydrogens (tertiary/aromatic N) is 7. The van der Waals surface area contributed by atoms with Crippen LogP contribution >= 0.6 is 11.3 Å². The van der Waals surface area contributed by atoms with Crippen LogP contribution in [0.4, 0.5) is 15.7 Å². The number of aryl methyl sites for hydroxylation is 1. The average Bonchev–Trinajstić information content (AvgIpc) is 3.57. The summed E-state index contributed by atoms with van der Waals surface area (Å²) < 4.78 is 3.69. The zero-order chi connectivity index (χ0) is 23.6. The van der Waals surface area contributed by atoms with Crippen molar-refractivity contribution in [3.05, 3.63) is 32.5 Å². The Hall–Kier alpha value is -3.68. The SMILES string of the molecule is C[C@@H](C(=O)Nc1nc(N2CC3CC2CN3C(=O)O)cs1)n1cnc2c1c(=O)n(C)c(=O)n2C. The first-order chi connectivity index (χ1) is 15.7. The molecule has 2 saturated heterocycles. The number of piperazine rings is 1. The Balaban J connectivity index is 1.34. The summed E-state index contributed by atoms with van der Waals surface area (Å²) in [7, 11) is 2.90. The first kappa shape index (κ1) is 21.2. The van der Waals surface area contributed by atoms with Gasteiger partial charge in [-0.05, 0) is 13.3 Å². The number of fused-ring (bicyclic) bond motifs is 3. The molecule has 2 unspecified atom stereocenters. The molecule has 2 aliphatic heterocycles. The number of anilines is 2. The highest BCUT2D eigenvalue weighted by Gasteiger charge is 2.46. The number of imidazole rings is 1. The van der Waals surface area contributed by atoms with Crippen LogP contribution in [0.2, 0.25) is 0 Å². The number of carbonyl (C=O) groups excluding carboxylic acids is 1. The number of aromatic nitrogens is 5. The molecule has 33 heavy (non-hydrogen) atoms. The Morgan fingerprint density at radius 3 is 2.64 bits per heavy atom. The number of carboxylic acid groups (broad SMARTS) is 1. The van der Waals surface area contributed by atoms with E-state index in [4.69, 9.17) is 0 Å². The molecule has 14 heteroatoms. The Morgan fingerprint density at radius 2 is 1.97 bits per heavy atom. The van der Waals surface area contributed by atoms with E-state index in [9.17, 15) is 24.3 Å². The summed E-state index contributed by atoms with van der Waals surface area (Å²) in [4.78, 5) is 61.2. The predicted molar refractivity (Wildman–Crippen MR) is 120 cm³/mol. The van der Waals surface area contributed by atoms with Gasteiger partial charge in [0.25, 0.3) is 5.56 Å². The molecular weight excluding hydrogens is 452 g/mol. The van der Waals surface area contributed by atoms with Crippen molar-refractivity contribution in [1.29, 1.82) is 0 Å². The number of thiazole rings is 1. The molecule has 5 heterocycles. The minimum Gasteiger partial charge on any atom is -0.465 e. The molecular formula is C19H22N8O5S. The van der Waals surface area contributed by atoms with Crippen molar-refractivity contribution in [2.75, 3.05) is 23.3 Å². The molecule has 2 fully saturated rings. The molecule has 3 aromatic rings. The third kappa shape index (κ3) is 3.20. The second kappa shape index (κ2) is 7.43. The van der Waals surface area contributed by atoms with Crippen molar-refractivity contribution >= 4 is 45.5 Å². The van der Waals surface area contributed by atoms with Crippen LogP contribution < -0.4 is 21.5 Å². The molecule has 3 atom stereocenters. The van der Waals surface area contributed by atoms with E-state index in [-0.39, 0.29) is 29.2 Å². The quantitative estimate of drug-likeness (QED) is 0.538. The van der Waals surface area contributed by atoms with Gasteiger partial charge in [-0.15, -0.1) is 11.3 Å². The van der Waals surface area contributed by atoms with Gasteiger partial charge < -0.3 is 24.8 Å². The molecule has 2 amide bonds. The van der Waals surface area contributed by atoms with Gasteiger partial charge in [-0.3, -0.25) is 18.7 Å². The van der Waals surface area contributed by atoms with Crippen LogP contribution in [0.15, 0.2) is 21.3 Å². The summed E-state index contributed by atoms with van der Waals surface area (Å²) in [5.74, 6) is 0.323. The van der Waals surface area contributed by atoms with E-state index in [2.05, 4.69) is 20.2 Å². The van der Waals surface area contributed by atoms with E-state index in [1.807, 2.05) is 5.38 Å². The zero-order valence-corrected chi connectivity index (χ0v) is 18.9. The summed E-state index contributed by atoms with van der Waals surface area (Å²) >= 11 is 1.28. The fourth-order valence-electron chi connectivity index (χ4n) is 4.63. The van der Waals surface area contributed by atoms with E-state index >= 15 is 0 Å². The standard InChI is InChI=1S/C19H22N8O5S/c1-9(27-8-20-14-13(27)16(29)24(3)18(30)23(14)2)15(28)22-17-21-12(7-33-17)25-5-11-4-10(25)6-26(11)19(31)32/h7-11H,4-6H2,1-3H3,(H,31,32)(H,21,22,28)/t9-,10?,11?/m0/s1. The number of rotatable bonds is 4. The first-order valence-electron chi connectivity index (χ1n) is 10.3. The molecule has 2 aliphatic rings. The lowest BCUT2D eigenvalue weighted by molar-refractivity contribution is -0.118. The molecule has 3 aromatic heterocycles. The summed E-state index contributed by atoms with van der Waals surface area (Å²) in [5.41, 5.74) is -0.648. The van der Waals surface area contributed by atoms with Crippen LogP contribution in [0, 0.1) is 0 Å². The first-order valence-corrected chi connectivity index (χ1v) is 11.2. The van der Waals surface area contributed by atoms with Gasteiger partial charge in [-0.1, -0.05) is 0 Å². The van der Waals surface area contributed by atoms with Crippen molar-refractivity contribution in [2.45, 2.75) is 31.5 Å². The second-order valence-electron chi connectivity index (χ2n) is 8.34. The van der Waals surface area contributed by atoms with Gasteiger partial charge in [-0.25, -0.2) is 19.6 Å². The highest BCUT2D eigenvalue weighted by molar-refractivity contribution is 7.14. The summed E-state index contributed by atoms with van der Waals surface area (Å²) in [5, 5.41) is 14.3. The largest absolute Gasteiger partial charge is 0.465 e. The average molecular weight is 475 g/mol. The fourth-order valence-corrected chi connectivity index (χ4v) is 5.34. The minimum atomic E-state index is -0.899. The van der Waals surface area contributed by atoms with Gasteiger partial charge in [0.15, 0.2) is 16.3 Å². The molecule has 0 spiro atoms. The monoisotopic (exact) mass is 474 g/mol. The van der Waals surface area contributed by atoms with Crippen molar-refractivity contribution in [2.24, 2.45) is 14.1 Å². The van der Waals surface area contributed by atoms with Gasteiger partial charge in [0, 0.05) is 32.6 Å². The van der Waals surface area contributed by atoms with Crippen molar-refractivity contribution in [3.63, 3.8) is 0 Å². The highest BCUT2D eigenvalue weighted by atomic mass is 32.1. The van der Waals surface area contributed by atoms with Crippen LogP contribution in [0.3, 0.4) is 0 Å². The van der Waals surface area contributed by atoms with Crippen molar-refractivity contribution < 1.29 is 14.7 Å². The van der Waals surface area contributed by atoms with Crippen molar-refractivity contribution in [3.8, 4) is 0 Å². The maximum absolute atomic E-state index is 12.9. The van der Waals surface area contributed by atoms with Gasteiger partial charge in [-0.2, -0.15) is 0 Å². The molecule has 5 rings (SSSR count). The van der Waals surface area contributed by atoms with Gasteiger partial charge in [0.2, 0.25) is 5.91 Å². The van der Waals surface area contributed by atoms with Crippen LogP contribution in [0.5, 0.6) is 0 Å². The molecule has 13 nitrogen and oxygen atoms in total. The van der Waals surface area contributed by atoms with E-state index in [1.54, 1.807) is 6.92 Å². The summed E-state index contributed by atoms with van der Waals surface area (Å²) in [6.45, 7) is 2.66. The molecule has 2 bridgehead atoms. The smallest absolute Gasteiger partial charge is 0.407 e. The zero-order valence-electron chi connectivity index (χ0n) is 18.1. The maximum atomic E-state index is 12.9. The number of amides is 2. The van der Waals surface area contributed by atoms with Crippen LogP contribution in [-0.4, -0.2) is 70.8 Å². The second-order valence-corrected chi connectivity index (χ2v) is 9.19. The van der Waals surface area contributed by atoms with E-state index in [1.165, 1.54) is 45.8 Å². The van der Waals surface area contributed by atoms with E-state index < -0.39 is 23.4 Å². The number of hydrogen-bond acceptors (Lipinski definition) is 8. The molecule has 0 radical (unpaired) electrons. The third-order valence-corrected chi connectivity index (χ3v) is 7.22. The van der Waals surface area contributed by atoms with Crippen LogP contribution in [-0.2, 0) is 18.9 Å². The molecule has 174 valence electrons. The molecule has 0 aliphatic carbocycles. The topological polar surface area (TPSA) is 148 Å². The van der Waals surface area contributed by atoms with Gasteiger partial charge in [0.05, 0.1) is 18.4 Å².